The minimum Gasteiger partial charge on any atom is -0.496 e. The molecule has 0 aliphatic carbocycles. The number of nitrogens with zero attached hydrogens (tertiary/aromatic N) is 3. The SMILES string of the molecule is COc1ccccc1-c1nnc(SCC(=O)Nc2ccc(Cl)cc2)n1CCc1ccccc1. The Balaban J connectivity index is 1.54. The number of hydrogen-bond donors (Lipinski definition) is 1. The monoisotopic (exact) mass is 478 g/mol. The van der Waals surface area contributed by atoms with Gasteiger partial charge in [0.2, 0.25) is 5.91 Å². The van der Waals surface area contributed by atoms with Gasteiger partial charge in [0.25, 0.3) is 0 Å². The molecular formula is C25H23ClN4O2S. The van der Waals surface area contributed by atoms with E-state index in [4.69, 9.17) is 16.3 Å². The van der Waals surface area contributed by atoms with Crippen molar-refractivity contribution in [3.8, 4) is 17.1 Å². The maximum Gasteiger partial charge on any atom is 0.234 e. The van der Waals surface area contributed by atoms with Gasteiger partial charge in [-0.05, 0) is 48.4 Å². The highest BCUT2D eigenvalue weighted by Crippen LogP contribution is 2.31. The van der Waals surface area contributed by atoms with Crippen LogP contribution < -0.4 is 10.1 Å². The van der Waals surface area contributed by atoms with Crippen LogP contribution in [-0.4, -0.2) is 33.5 Å². The molecule has 1 N–H and O–H groups in total. The van der Waals surface area contributed by atoms with E-state index < -0.39 is 0 Å². The highest BCUT2D eigenvalue weighted by Gasteiger charge is 2.18. The number of methoxy groups -OCH3 is 1. The fourth-order valence-electron chi connectivity index (χ4n) is 3.37. The Morgan fingerprint density at radius 3 is 2.48 bits per heavy atom. The predicted octanol–water partition coefficient (Wildman–Crippen LogP) is 5.58. The minimum atomic E-state index is -0.126. The Bertz CT molecular complexity index is 1210. The Hall–Kier alpha value is -3.29. The first-order chi connectivity index (χ1) is 16.1. The van der Waals surface area contributed by atoms with Crippen molar-refractivity contribution in [1.82, 2.24) is 14.8 Å². The molecule has 4 aromatic rings. The Labute approximate surface area is 202 Å². The molecule has 0 saturated carbocycles. The van der Waals surface area contributed by atoms with Gasteiger partial charge in [0.15, 0.2) is 11.0 Å². The summed E-state index contributed by atoms with van der Waals surface area (Å²) in [5, 5.41) is 13.0. The second-order valence-electron chi connectivity index (χ2n) is 7.24. The van der Waals surface area contributed by atoms with Crippen LogP contribution in [0.15, 0.2) is 84.0 Å². The van der Waals surface area contributed by atoms with Gasteiger partial charge in [-0.3, -0.25) is 4.79 Å². The van der Waals surface area contributed by atoms with E-state index in [1.165, 1.54) is 17.3 Å². The zero-order valence-corrected chi connectivity index (χ0v) is 19.6. The number of ether oxygens (including phenoxy) is 1. The van der Waals surface area contributed by atoms with E-state index in [-0.39, 0.29) is 11.7 Å². The fraction of sp³-hybridized carbons (Fsp3) is 0.160. The molecule has 0 atom stereocenters. The Morgan fingerprint density at radius 1 is 1.00 bits per heavy atom. The van der Waals surface area contributed by atoms with Crippen molar-refractivity contribution in [2.45, 2.75) is 18.1 Å². The van der Waals surface area contributed by atoms with Crippen LogP contribution in [0.1, 0.15) is 5.56 Å². The molecule has 0 bridgehead atoms. The summed E-state index contributed by atoms with van der Waals surface area (Å²) < 4.78 is 7.59. The number of benzene rings is 3. The van der Waals surface area contributed by atoms with Crippen LogP contribution in [0.25, 0.3) is 11.4 Å². The van der Waals surface area contributed by atoms with Crippen molar-refractivity contribution < 1.29 is 9.53 Å². The molecule has 0 fully saturated rings. The number of thioether (sulfide) groups is 1. The topological polar surface area (TPSA) is 69.0 Å². The molecule has 0 spiro atoms. The number of aryl methyl sites for hydroxylation is 1. The maximum absolute atomic E-state index is 12.5. The van der Waals surface area contributed by atoms with Gasteiger partial charge in [0, 0.05) is 17.3 Å². The minimum absolute atomic E-state index is 0.126. The van der Waals surface area contributed by atoms with Crippen LogP contribution >= 0.6 is 23.4 Å². The third-order valence-electron chi connectivity index (χ3n) is 4.99. The van der Waals surface area contributed by atoms with E-state index in [1.54, 1.807) is 31.4 Å². The molecule has 33 heavy (non-hydrogen) atoms. The second-order valence-corrected chi connectivity index (χ2v) is 8.62. The fourth-order valence-corrected chi connectivity index (χ4v) is 4.26. The van der Waals surface area contributed by atoms with Crippen molar-refractivity contribution in [1.29, 1.82) is 0 Å². The zero-order chi connectivity index (χ0) is 23.0. The highest BCUT2D eigenvalue weighted by molar-refractivity contribution is 7.99. The molecule has 8 heteroatoms. The summed E-state index contributed by atoms with van der Waals surface area (Å²) in [6, 6.07) is 25.0. The van der Waals surface area contributed by atoms with Crippen LogP contribution in [-0.2, 0) is 17.8 Å². The lowest BCUT2D eigenvalue weighted by Crippen LogP contribution is -2.15. The lowest BCUT2D eigenvalue weighted by molar-refractivity contribution is -0.113. The van der Waals surface area contributed by atoms with Crippen LogP contribution in [0.4, 0.5) is 5.69 Å². The van der Waals surface area contributed by atoms with Crippen molar-refractivity contribution in [3.63, 3.8) is 0 Å². The van der Waals surface area contributed by atoms with Crippen molar-refractivity contribution >= 4 is 35.0 Å². The highest BCUT2D eigenvalue weighted by atomic mass is 35.5. The molecule has 168 valence electrons. The van der Waals surface area contributed by atoms with Crippen LogP contribution in [0.3, 0.4) is 0 Å². The molecule has 0 radical (unpaired) electrons. The van der Waals surface area contributed by atoms with Gasteiger partial charge in [-0.15, -0.1) is 10.2 Å². The van der Waals surface area contributed by atoms with E-state index in [2.05, 4.69) is 27.6 Å². The van der Waals surface area contributed by atoms with E-state index in [0.29, 0.717) is 28.2 Å². The summed E-state index contributed by atoms with van der Waals surface area (Å²) in [7, 11) is 1.64. The molecule has 0 aliphatic heterocycles. The number of carbonyl (C=O) groups is 1. The number of carbonyl (C=O) groups excluding carboxylic acids is 1. The molecule has 0 aliphatic rings. The quantitative estimate of drug-likeness (QED) is 0.318. The first-order valence-corrected chi connectivity index (χ1v) is 11.8. The first kappa shape index (κ1) is 22.9. The molecular weight excluding hydrogens is 456 g/mol. The lowest BCUT2D eigenvalue weighted by Gasteiger charge is -2.12. The van der Waals surface area contributed by atoms with Gasteiger partial charge >= 0.3 is 0 Å². The van der Waals surface area contributed by atoms with Crippen molar-refractivity contribution in [3.05, 3.63) is 89.4 Å². The lowest BCUT2D eigenvalue weighted by atomic mass is 10.1. The predicted molar refractivity (Wildman–Crippen MR) is 133 cm³/mol. The van der Waals surface area contributed by atoms with Gasteiger partial charge in [-0.2, -0.15) is 0 Å². The number of para-hydroxylation sites is 1. The number of aromatic nitrogens is 3. The summed E-state index contributed by atoms with van der Waals surface area (Å²) in [5.74, 6) is 1.52. The summed E-state index contributed by atoms with van der Waals surface area (Å²) in [6.07, 6.45) is 0.811. The molecule has 3 aromatic carbocycles. The molecule has 6 nitrogen and oxygen atoms in total. The molecule has 1 amide bonds. The van der Waals surface area contributed by atoms with Crippen LogP contribution in [0.5, 0.6) is 5.75 Å². The summed E-state index contributed by atoms with van der Waals surface area (Å²) in [5.41, 5.74) is 2.77. The van der Waals surface area contributed by atoms with Crippen LogP contribution in [0, 0.1) is 0 Å². The zero-order valence-electron chi connectivity index (χ0n) is 18.1. The normalized spacial score (nSPS) is 10.7. The standard InChI is InChI=1S/C25H23ClN4O2S/c1-32-22-10-6-5-9-21(22)24-28-29-25(30(24)16-15-18-7-3-2-4-8-18)33-17-23(31)27-20-13-11-19(26)12-14-20/h2-14H,15-17H2,1H3,(H,27,31). The number of hydrogen-bond acceptors (Lipinski definition) is 5. The van der Waals surface area contributed by atoms with Crippen molar-refractivity contribution in [2.24, 2.45) is 0 Å². The average molecular weight is 479 g/mol. The number of halogens is 1. The summed E-state index contributed by atoms with van der Waals surface area (Å²) in [6.45, 7) is 0.672. The van der Waals surface area contributed by atoms with E-state index in [0.717, 1.165) is 17.7 Å². The molecule has 1 aromatic heterocycles. The largest absolute Gasteiger partial charge is 0.496 e. The average Bonchev–Trinajstić information content (AvgIpc) is 3.26. The smallest absolute Gasteiger partial charge is 0.234 e. The number of amides is 1. The molecule has 1 heterocycles. The van der Waals surface area contributed by atoms with E-state index in [9.17, 15) is 4.79 Å². The number of rotatable bonds is 9. The van der Waals surface area contributed by atoms with Crippen LogP contribution in [0.2, 0.25) is 5.02 Å². The van der Waals surface area contributed by atoms with Gasteiger partial charge in [-0.1, -0.05) is 65.8 Å². The Kier molecular flexibility index (Phi) is 7.65. The van der Waals surface area contributed by atoms with E-state index in [1.807, 2.05) is 47.0 Å². The third kappa shape index (κ3) is 5.94. The summed E-state index contributed by atoms with van der Waals surface area (Å²) >= 11 is 7.26. The molecule has 0 unspecified atom stereocenters. The van der Waals surface area contributed by atoms with E-state index >= 15 is 0 Å². The third-order valence-corrected chi connectivity index (χ3v) is 6.21. The number of anilines is 1. The Morgan fingerprint density at radius 2 is 1.73 bits per heavy atom. The maximum atomic E-state index is 12.5. The summed E-state index contributed by atoms with van der Waals surface area (Å²) in [4.78, 5) is 12.5. The number of nitrogens with one attached hydrogen (secondary N) is 1. The van der Waals surface area contributed by atoms with Gasteiger partial charge < -0.3 is 14.6 Å². The molecule has 0 saturated heterocycles. The second kappa shape index (κ2) is 11.0. The first-order valence-electron chi connectivity index (χ1n) is 10.4. The van der Waals surface area contributed by atoms with Crippen molar-refractivity contribution in [2.75, 3.05) is 18.2 Å². The van der Waals surface area contributed by atoms with Gasteiger partial charge in [0.05, 0.1) is 18.4 Å². The molecule has 4 rings (SSSR count). The van der Waals surface area contributed by atoms with Gasteiger partial charge in [-0.25, -0.2) is 0 Å². The van der Waals surface area contributed by atoms with Gasteiger partial charge in [0.1, 0.15) is 5.75 Å².